The van der Waals surface area contributed by atoms with Crippen LogP contribution in [0.4, 0.5) is 0 Å². The highest BCUT2D eigenvalue weighted by Gasteiger charge is 2.11. The zero-order valence-corrected chi connectivity index (χ0v) is 16.3. The van der Waals surface area contributed by atoms with E-state index in [9.17, 15) is 9.90 Å². The van der Waals surface area contributed by atoms with Gasteiger partial charge in [0.15, 0.2) is 0 Å². The summed E-state index contributed by atoms with van der Waals surface area (Å²) in [6.45, 7) is 2.58. The van der Waals surface area contributed by atoms with E-state index in [1.807, 2.05) is 0 Å². The SMILES string of the molecule is CCCCCCCCCCCCC(O)CCOc1ccccc1C(=O)O. The second-order valence-corrected chi connectivity index (χ2v) is 7.06. The molecule has 0 saturated heterocycles. The first-order valence-corrected chi connectivity index (χ1v) is 10.3. The van der Waals surface area contributed by atoms with Crippen LogP contribution in [0.3, 0.4) is 0 Å². The normalized spacial score (nSPS) is 12.1. The standard InChI is InChI=1S/C22H36O4/c1-2-3-4-5-6-7-8-9-10-11-14-19(23)17-18-26-21-16-13-12-15-20(21)22(24)25/h12-13,15-16,19,23H,2-11,14,17-18H2,1H3,(H,24,25). The highest BCUT2D eigenvalue weighted by atomic mass is 16.5. The molecule has 4 heteroatoms. The molecule has 0 amide bonds. The maximum atomic E-state index is 11.1. The third-order valence-electron chi connectivity index (χ3n) is 4.72. The Bertz CT molecular complexity index is 487. The molecule has 0 heterocycles. The Kier molecular flexibility index (Phi) is 12.6. The van der Waals surface area contributed by atoms with Crippen LogP contribution in [0.15, 0.2) is 24.3 Å². The van der Waals surface area contributed by atoms with Crippen LogP contribution >= 0.6 is 0 Å². The molecule has 0 aliphatic rings. The van der Waals surface area contributed by atoms with Crippen molar-refractivity contribution in [3.8, 4) is 5.75 Å². The summed E-state index contributed by atoms with van der Waals surface area (Å²) < 4.78 is 5.53. The molecule has 0 saturated carbocycles. The van der Waals surface area contributed by atoms with E-state index in [2.05, 4.69) is 6.92 Å². The molecular formula is C22H36O4. The molecule has 1 rings (SSSR count). The Morgan fingerprint density at radius 3 is 2.12 bits per heavy atom. The van der Waals surface area contributed by atoms with Gasteiger partial charge in [-0.05, 0) is 18.6 Å². The average molecular weight is 365 g/mol. The number of hydrogen-bond donors (Lipinski definition) is 2. The Hall–Kier alpha value is -1.55. The molecule has 26 heavy (non-hydrogen) atoms. The van der Waals surface area contributed by atoms with E-state index >= 15 is 0 Å². The van der Waals surface area contributed by atoms with Gasteiger partial charge in [0.1, 0.15) is 11.3 Å². The Morgan fingerprint density at radius 1 is 0.923 bits per heavy atom. The second-order valence-electron chi connectivity index (χ2n) is 7.06. The van der Waals surface area contributed by atoms with Crippen LogP contribution in [0, 0.1) is 0 Å². The largest absolute Gasteiger partial charge is 0.493 e. The highest BCUT2D eigenvalue weighted by molar-refractivity contribution is 5.90. The number of carboxylic acids is 1. The molecule has 0 bridgehead atoms. The molecule has 0 fully saturated rings. The summed E-state index contributed by atoms with van der Waals surface area (Å²) in [7, 11) is 0. The third-order valence-corrected chi connectivity index (χ3v) is 4.72. The molecule has 0 aromatic heterocycles. The number of ether oxygens (including phenoxy) is 1. The van der Waals surface area contributed by atoms with Crippen LogP contribution in [-0.2, 0) is 0 Å². The molecule has 0 aliphatic heterocycles. The number of hydrogen-bond acceptors (Lipinski definition) is 3. The molecule has 1 aromatic carbocycles. The number of unbranched alkanes of at least 4 members (excludes halogenated alkanes) is 9. The fourth-order valence-corrected chi connectivity index (χ4v) is 3.09. The number of carbonyl (C=O) groups is 1. The lowest BCUT2D eigenvalue weighted by Gasteiger charge is -2.12. The van der Waals surface area contributed by atoms with Gasteiger partial charge >= 0.3 is 5.97 Å². The number of carboxylic acid groups (broad SMARTS) is 1. The van der Waals surface area contributed by atoms with Crippen molar-refractivity contribution in [1.29, 1.82) is 0 Å². The van der Waals surface area contributed by atoms with Crippen molar-refractivity contribution >= 4 is 5.97 Å². The monoisotopic (exact) mass is 364 g/mol. The van der Waals surface area contributed by atoms with Gasteiger partial charge in [-0.25, -0.2) is 4.79 Å². The molecule has 0 spiro atoms. The van der Waals surface area contributed by atoms with E-state index < -0.39 is 5.97 Å². The zero-order chi connectivity index (χ0) is 19.0. The van der Waals surface area contributed by atoms with Crippen LogP contribution in [-0.4, -0.2) is 28.9 Å². The Labute approximate surface area is 158 Å². The minimum atomic E-state index is -0.994. The summed E-state index contributed by atoms with van der Waals surface area (Å²) in [5.74, 6) is -0.627. The molecule has 1 aromatic rings. The first-order valence-electron chi connectivity index (χ1n) is 10.3. The minimum absolute atomic E-state index is 0.164. The van der Waals surface area contributed by atoms with Gasteiger partial charge < -0.3 is 14.9 Å². The van der Waals surface area contributed by atoms with Gasteiger partial charge in [0, 0.05) is 6.42 Å². The topological polar surface area (TPSA) is 66.8 Å². The summed E-state index contributed by atoms with van der Waals surface area (Å²) in [6.07, 6.45) is 13.8. The first kappa shape index (κ1) is 22.5. The summed E-state index contributed by atoms with van der Waals surface area (Å²) >= 11 is 0. The van der Waals surface area contributed by atoms with Crippen molar-refractivity contribution in [3.05, 3.63) is 29.8 Å². The third kappa shape index (κ3) is 10.4. The molecule has 1 unspecified atom stereocenters. The lowest BCUT2D eigenvalue weighted by atomic mass is 10.0. The van der Waals surface area contributed by atoms with Gasteiger partial charge in [-0.2, -0.15) is 0 Å². The zero-order valence-electron chi connectivity index (χ0n) is 16.3. The second kappa shape index (κ2) is 14.6. The molecule has 2 N–H and O–H groups in total. The molecule has 4 nitrogen and oxygen atoms in total. The summed E-state index contributed by atoms with van der Waals surface area (Å²) in [4.78, 5) is 11.1. The summed E-state index contributed by atoms with van der Waals surface area (Å²) in [5.41, 5.74) is 0.164. The van der Waals surface area contributed by atoms with E-state index in [4.69, 9.17) is 9.84 Å². The highest BCUT2D eigenvalue weighted by Crippen LogP contribution is 2.18. The van der Waals surface area contributed by atoms with E-state index in [0.29, 0.717) is 18.8 Å². The number of para-hydroxylation sites is 1. The van der Waals surface area contributed by atoms with Crippen LogP contribution < -0.4 is 4.74 Å². The van der Waals surface area contributed by atoms with Crippen LogP contribution in [0.2, 0.25) is 0 Å². The fraction of sp³-hybridized carbons (Fsp3) is 0.682. The first-order chi connectivity index (χ1) is 12.6. The van der Waals surface area contributed by atoms with Crippen LogP contribution in [0.25, 0.3) is 0 Å². The number of aromatic carboxylic acids is 1. The van der Waals surface area contributed by atoms with Crippen LogP contribution in [0.1, 0.15) is 94.3 Å². The Balaban J connectivity index is 2.01. The predicted molar refractivity (Wildman–Crippen MR) is 106 cm³/mol. The van der Waals surface area contributed by atoms with Crippen molar-refractivity contribution in [3.63, 3.8) is 0 Å². The minimum Gasteiger partial charge on any atom is -0.493 e. The molecule has 1 atom stereocenters. The van der Waals surface area contributed by atoms with Crippen molar-refractivity contribution in [2.75, 3.05) is 6.61 Å². The van der Waals surface area contributed by atoms with Crippen LogP contribution in [0.5, 0.6) is 5.75 Å². The van der Waals surface area contributed by atoms with E-state index in [1.54, 1.807) is 18.2 Å². The average Bonchev–Trinajstić information content (AvgIpc) is 2.63. The van der Waals surface area contributed by atoms with E-state index in [0.717, 1.165) is 12.8 Å². The van der Waals surface area contributed by atoms with Crippen molar-refractivity contribution in [2.24, 2.45) is 0 Å². The van der Waals surface area contributed by atoms with E-state index in [1.165, 1.54) is 63.9 Å². The van der Waals surface area contributed by atoms with Gasteiger partial charge in [-0.1, -0.05) is 83.3 Å². The van der Waals surface area contributed by atoms with Crippen molar-refractivity contribution in [1.82, 2.24) is 0 Å². The molecular weight excluding hydrogens is 328 g/mol. The van der Waals surface area contributed by atoms with Gasteiger partial charge in [0.25, 0.3) is 0 Å². The molecule has 148 valence electrons. The van der Waals surface area contributed by atoms with Gasteiger partial charge in [-0.3, -0.25) is 0 Å². The maximum Gasteiger partial charge on any atom is 0.339 e. The van der Waals surface area contributed by atoms with Crippen molar-refractivity contribution in [2.45, 2.75) is 90.1 Å². The number of aliphatic hydroxyl groups excluding tert-OH is 1. The number of benzene rings is 1. The summed E-state index contributed by atoms with van der Waals surface area (Å²) in [6, 6.07) is 6.61. The van der Waals surface area contributed by atoms with Gasteiger partial charge in [0.2, 0.25) is 0 Å². The molecule has 0 radical (unpaired) electrons. The number of rotatable bonds is 16. The fourth-order valence-electron chi connectivity index (χ4n) is 3.09. The maximum absolute atomic E-state index is 11.1. The number of aliphatic hydroxyl groups is 1. The summed E-state index contributed by atoms with van der Waals surface area (Å²) in [5, 5.41) is 19.1. The molecule has 0 aliphatic carbocycles. The lowest BCUT2D eigenvalue weighted by molar-refractivity contribution is 0.0691. The van der Waals surface area contributed by atoms with Gasteiger partial charge in [0.05, 0.1) is 12.7 Å². The van der Waals surface area contributed by atoms with Gasteiger partial charge in [-0.15, -0.1) is 0 Å². The Morgan fingerprint density at radius 2 is 1.50 bits per heavy atom. The predicted octanol–water partition coefficient (Wildman–Crippen LogP) is 5.83. The lowest BCUT2D eigenvalue weighted by Crippen LogP contribution is -2.13. The quantitative estimate of drug-likeness (QED) is 0.362. The smallest absolute Gasteiger partial charge is 0.339 e. The van der Waals surface area contributed by atoms with E-state index in [-0.39, 0.29) is 11.7 Å². The van der Waals surface area contributed by atoms with Crippen molar-refractivity contribution < 1.29 is 19.7 Å².